The average Bonchev–Trinajstić information content (AvgIpc) is 3.32. The highest BCUT2D eigenvalue weighted by Gasteiger charge is 2.15. The third-order valence-electron chi connectivity index (χ3n) is 4.12. The van der Waals surface area contributed by atoms with E-state index in [1.165, 1.54) is 16.7 Å². The molecule has 2 heterocycles. The van der Waals surface area contributed by atoms with Crippen molar-refractivity contribution in [3.05, 3.63) is 80.7 Å². The summed E-state index contributed by atoms with van der Waals surface area (Å²) in [5, 5.41) is 31.6. The van der Waals surface area contributed by atoms with E-state index >= 15 is 0 Å². The van der Waals surface area contributed by atoms with Gasteiger partial charge in [0.25, 0.3) is 0 Å². The minimum atomic E-state index is -0.625. The van der Waals surface area contributed by atoms with Gasteiger partial charge in [-0.2, -0.15) is 22.7 Å². The van der Waals surface area contributed by atoms with Gasteiger partial charge in [0.05, 0.1) is 6.10 Å². The van der Waals surface area contributed by atoms with Crippen LogP contribution in [0.5, 0.6) is 5.75 Å². The summed E-state index contributed by atoms with van der Waals surface area (Å²) in [6, 6.07) is 10.8. The highest BCUT2D eigenvalue weighted by atomic mass is 32.1. The summed E-state index contributed by atoms with van der Waals surface area (Å²) in [5.74, 6) is 0.204. The van der Waals surface area contributed by atoms with E-state index in [2.05, 4.69) is 45.0 Å². The van der Waals surface area contributed by atoms with Gasteiger partial charge in [-0.05, 0) is 75.0 Å². The van der Waals surface area contributed by atoms with E-state index in [9.17, 15) is 10.2 Å². The predicted molar refractivity (Wildman–Crippen MR) is 106 cm³/mol. The molecular weight excluding hydrogens is 350 g/mol. The molecule has 0 aliphatic heterocycles. The molecule has 3 nitrogen and oxygen atoms in total. The van der Waals surface area contributed by atoms with Crippen molar-refractivity contribution in [1.29, 1.82) is 0 Å². The van der Waals surface area contributed by atoms with E-state index in [1.807, 2.05) is 6.92 Å². The first kappa shape index (κ1) is 17.9. The van der Waals surface area contributed by atoms with Crippen molar-refractivity contribution >= 4 is 28.2 Å². The lowest BCUT2D eigenvalue weighted by Gasteiger charge is -2.20. The smallest absolute Gasteiger partial charge is 0.115 e. The number of rotatable bonds is 7. The van der Waals surface area contributed by atoms with Crippen LogP contribution < -0.4 is 5.32 Å². The fraction of sp³-hybridized carbons (Fsp3) is 0.200. The Labute approximate surface area is 155 Å². The zero-order valence-corrected chi connectivity index (χ0v) is 15.6. The van der Waals surface area contributed by atoms with Gasteiger partial charge in [-0.25, -0.2) is 0 Å². The molecule has 5 heteroatoms. The number of phenolic OH excluding ortho intramolecular Hbond substituents is 1. The second kappa shape index (κ2) is 8.45. The van der Waals surface area contributed by atoms with Crippen molar-refractivity contribution in [3.8, 4) is 5.75 Å². The van der Waals surface area contributed by atoms with Gasteiger partial charge in [0, 0.05) is 12.6 Å². The molecule has 1 aromatic carbocycles. The van der Waals surface area contributed by atoms with Crippen LogP contribution in [0.1, 0.15) is 29.7 Å². The zero-order chi connectivity index (χ0) is 17.6. The number of phenols is 1. The number of hydrogen-bond donors (Lipinski definition) is 3. The molecule has 2 unspecified atom stereocenters. The molecule has 130 valence electrons. The molecule has 0 radical (unpaired) electrons. The number of thiophene rings is 2. The maximum absolute atomic E-state index is 10.5. The van der Waals surface area contributed by atoms with Crippen LogP contribution in [0.25, 0.3) is 5.57 Å². The summed E-state index contributed by atoms with van der Waals surface area (Å²) in [6.45, 7) is 2.62. The van der Waals surface area contributed by atoms with Gasteiger partial charge in [0.1, 0.15) is 5.75 Å². The molecule has 0 spiro atoms. The number of benzene rings is 1. The average molecular weight is 372 g/mol. The molecule has 0 fully saturated rings. The molecule has 25 heavy (non-hydrogen) atoms. The van der Waals surface area contributed by atoms with Gasteiger partial charge in [-0.1, -0.05) is 18.2 Å². The number of aliphatic hydroxyl groups is 1. The van der Waals surface area contributed by atoms with E-state index in [4.69, 9.17) is 0 Å². The first-order valence-electron chi connectivity index (χ1n) is 8.11. The molecule has 3 rings (SSSR count). The van der Waals surface area contributed by atoms with Crippen molar-refractivity contribution in [2.24, 2.45) is 0 Å². The predicted octanol–water partition coefficient (Wildman–Crippen LogP) is 4.66. The molecule has 3 aromatic rings. The van der Waals surface area contributed by atoms with Gasteiger partial charge in [0.15, 0.2) is 0 Å². The first-order valence-corrected chi connectivity index (χ1v) is 9.99. The van der Waals surface area contributed by atoms with Gasteiger partial charge < -0.3 is 15.5 Å². The Kier molecular flexibility index (Phi) is 6.04. The van der Waals surface area contributed by atoms with Crippen molar-refractivity contribution in [3.63, 3.8) is 0 Å². The lowest BCUT2D eigenvalue weighted by molar-refractivity contribution is 0.138. The Morgan fingerprint density at radius 2 is 1.64 bits per heavy atom. The fourth-order valence-electron chi connectivity index (χ4n) is 2.66. The highest BCUT2D eigenvalue weighted by molar-refractivity contribution is 7.08. The van der Waals surface area contributed by atoms with E-state index in [0.29, 0.717) is 6.54 Å². The molecular formula is C20H21NO2S2. The van der Waals surface area contributed by atoms with Crippen LogP contribution in [0.3, 0.4) is 0 Å². The standard InChI is InChI=1S/C20H21NO2S2/c1-14(20(23)15-2-4-18(22)5-3-15)21-9-6-19(16-7-10-24-12-16)17-8-11-25-13-17/h2-8,10-14,20-23H,9H2,1H3. The van der Waals surface area contributed by atoms with Gasteiger partial charge in [-0.3, -0.25) is 0 Å². The molecule has 0 amide bonds. The number of aliphatic hydroxyl groups excluding tert-OH is 1. The van der Waals surface area contributed by atoms with Gasteiger partial charge in [0.2, 0.25) is 0 Å². The third kappa shape index (κ3) is 4.58. The summed E-state index contributed by atoms with van der Waals surface area (Å²) in [5.41, 5.74) is 4.44. The molecule has 0 saturated heterocycles. The van der Waals surface area contributed by atoms with Crippen LogP contribution in [0.4, 0.5) is 0 Å². The number of aromatic hydroxyl groups is 1. The van der Waals surface area contributed by atoms with Crippen LogP contribution in [-0.4, -0.2) is 22.8 Å². The molecule has 2 atom stereocenters. The Balaban J connectivity index is 1.66. The summed E-state index contributed by atoms with van der Waals surface area (Å²) in [6.07, 6.45) is 1.55. The lowest BCUT2D eigenvalue weighted by atomic mass is 10.0. The first-order chi connectivity index (χ1) is 12.1. The van der Waals surface area contributed by atoms with Crippen LogP contribution in [0, 0.1) is 0 Å². The monoisotopic (exact) mass is 371 g/mol. The normalized spacial score (nSPS) is 13.4. The molecule has 0 aliphatic rings. The van der Waals surface area contributed by atoms with Crippen molar-refractivity contribution in [2.45, 2.75) is 19.1 Å². The SMILES string of the molecule is CC(NCC=C(c1ccsc1)c1ccsc1)C(O)c1ccc(O)cc1. The largest absolute Gasteiger partial charge is 0.508 e. The molecule has 3 N–H and O–H groups in total. The maximum Gasteiger partial charge on any atom is 0.115 e. The highest BCUT2D eigenvalue weighted by Crippen LogP contribution is 2.27. The molecule has 0 aliphatic carbocycles. The number of nitrogens with one attached hydrogen (secondary N) is 1. The van der Waals surface area contributed by atoms with Crippen LogP contribution >= 0.6 is 22.7 Å². The van der Waals surface area contributed by atoms with Crippen molar-refractivity contribution in [2.75, 3.05) is 6.54 Å². The summed E-state index contributed by atoms with van der Waals surface area (Å²) < 4.78 is 0. The van der Waals surface area contributed by atoms with Gasteiger partial charge >= 0.3 is 0 Å². The lowest BCUT2D eigenvalue weighted by Crippen LogP contribution is -2.32. The number of hydrogen-bond acceptors (Lipinski definition) is 5. The minimum absolute atomic E-state index is 0.105. The van der Waals surface area contributed by atoms with E-state index in [-0.39, 0.29) is 11.8 Å². The second-order valence-electron chi connectivity index (χ2n) is 5.88. The van der Waals surface area contributed by atoms with Crippen LogP contribution in [0.2, 0.25) is 0 Å². The maximum atomic E-state index is 10.5. The Morgan fingerprint density at radius 3 is 2.16 bits per heavy atom. The Hall–Kier alpha value is -1.92. The fourth-order valence-corrected chi connectivity index (χ4v) is 3.97. The zero-order valence-electron chi connectivity index (χ0n) is 13.9. The Bertz CT molecular complexity index is 757. The minimum Gasteiger partial charge on any atom is -0.508 e. The Morgan fingerprint density at radius 1 is 1.04 bits per heavy atom. The van der Waals surface area contributed by atoms with Crippen LogP contribution in [0.15, 0.2) is 64.0 Å². The molecule has 0 saturated carbocycles. The van der Waals surface area contributed by atoms with Gasteiger partial charge in [-0.15, -0.1) is 0 Å². The second-order valence-corrected chi connectivity index (χ2v) is 7.44. The third-order valence-corrected chi connectivity index (χ3v) is 5.49. The van der Waals surface area contributed by atoms with Crippen molar-refractivity contribution in [1.82, 2.24) is 5.32 Å². The summed E-state index contributed by atoms with van der Waals surface area (Å²) in [7, 11) is 0. The summed E-state index contributed by atoms with van der Waals surface area (Å²) >= 11 is 3.38. The quantitative estimate of drug-likeness (QED) is 0.566. The molecule has 0 bridgehead atoms. The van der Waals surface area contributed by atoms with Crippen LogP contribution in [-0.2, 0) is 0 Å². The topological polar surface area (TPSA) is 52.5 Å². The van der Waals surface area contributed by atoms with E-state index in [1.54, 1.807) is 46.9 Å². The summed E-state index contributed by atoms with van der Waals surface area (Å²) in [4.78, 5) is 0. The van der Waals surface area contributed by atoms with E-state index < -0.39 is 6.10 Å². The molecule has 2 aromatic heterocycles. The van der Waals surface area contributed by atoms with E-state index in [0.717, 1.165) is 5.56 Å². The van der Waals surface area contributed by atoms with Crippen molar-refractivity contribution < 1.29 is 10.2 Å².